The number of hydrogen-bond donors (Lipinski definition) is 0. The van der Waals surface area contributed by atoms with Gasteiger partial charge >= 0.3 is 6.72 Å². The highest BCUT2D eigenvalue weighted by molar-refractivity contribution is 7.91. The number of hydrogen-bond acceptors (Lipinski definition) is 3. The van der Waals surface area contributed by atoms with Crippen LogP contribution >= 0.6 is 18.0 Å². The van der Waals surface area contributed by atoms with Crippen molar-refractivity contribution in [2.45, 2.75) is 0 Å². The monoisotopic (exact) mass is 268 g/mol. The van der Waals surface area contributed by atoms with Gasteiger partial charge in [-0.1, -0.05) is 36.4 Å². The average Bonchev–Trinajstić information content (AvgIpc) is 2.39. The standard InChI is InChI=1S/C12H10ClO3P/c13-17(14,12-9-5-2-6-10-12)16-15-11-7-3-1-4-8-11/h1-10H. The second-order valence-electron chi connectivity index (χ2n) is 3.29. The molecule has 0 aliphatic rings. The smallest absolute Gasteiger partial charge is 0.330 e. The Balaban J connectivity index is 2.06. The molecule has 0 amide bonds. The summed E-state index contributed by atoms with van der Waals surface area (Å²) in [5.41, 5.74) is 0. The molecule has 0 heterocycles. The fraction of sp³-hybridized carbons (Fsp3) is 0. The zero-order chi connectivity index (χ0) is 12.1. The van der Waals surface area contributed by atoms with Crippen molar-refractivity contribution in [1.82, 2.24) is 0 Å². The van der Waals surface area contributed by atoms with Gasteiger partial charge in [0.15, 0.2) is 5.75 Å². The molecule has 0 spiro atoms. The summed E-state index contributed by atoms with van der Waals surface area (Å²) in [6, 6.07) is 17.3. The van der Waals surface area contributed by atoms with Gasteiger partial charge in [-0.3, -0.25) is 4.57 Å². The molecule has 2 aromatic rings. The van der Waals surface area contributed by atoms with E-state index >= 15 is 0 Å². The lowest BCUT2D eigenvalue weighted by Crippen LogP contribution is -2.04. The van der Waals surface area contributed by atoms with Crippen LogP contribution < -0.4 is 10.2 Å². The molecule has 0 aliphatic carbocycles. The second kappa shape index (κ2) is 5.37. The Morgan fingerprint density at radius 2 is 1.41 bits per heavy atom. The number of halogens is 1. The molecule has 0 saturated carbocycles. The van der Waals surface area contributed by atoms with E-state index in [9.17, 15) is 4.57 Å². The molecule has 0 fully saturated rings. The van der Waals surface area contributed by atoms with Crippen LogP contribution in [0.1, 0.15) is 0 Å². The molecule has 2 rings (SSSR count). The number of benzene rings is 2. The Kier molecular flexibility index (Phi) is 3.85. The summed E-state index contributed by atoms with van der Waals surface area (Å²) in [5.74, 6) is 0.448. The highest BCUT2D eigenvalue weighted by atomic mass is 35.7. The van der Waals surface area contributed by atoms with Gasteiger partial charge in [0, 0.05) is 0 Å². The quantitative estimate of drug-likeness (QED) is 0.481. The predicted molar refractivity (Wildman–Crippen MR) is 67.7 cm³/mol. The summed E-state index contributed by atoms with van der Waals surface area (Å²) in [6.07, 6.45) is 0. The van der Waals surface area contributed by atoms with E-state index in [2.05, 4.69) is 0 Å². The first kappa shape index (κ1) is 12.2. The van der Waals surface area contributed by atoms with E-state index in [0.29, 0.717) is 11.1 Å². The molecular formula is C12H10ClO3P. The largest absolute Gasteiger partial charge is 0.359 e. The summed E-state index contributed by atoms with van der Waals surface area (Å²) in [5, 5.41) is 0.401. The maximum absolute atomic E-state index is 12.0. The highest BCUT2D eigenvalue weighted by Crippen LogP contribution is 2.51. The van der Waals surface area contributed by atoms with Crippen LogP contribution in [-0.4, -0.2) is 0 Å². The summed E-state index contributed by atoms with van der Waals surface area (Å²) in [4.78, 5) is 4.93. The van der Waals surface area contributed by atoms with Crippen LogP contribution in [0.3, 0.4) is 0 Å². The average molecular weight is 269 g/mol. The first-order valence-electron chi connectivity index (χ1n) is 4.95. The Hall–Kier alpha value is -1.28. The third-order valence-corrected chi connectivity index (χ3v) is 3.97. The summed E-state index contributed by atoms with van der Waals surface area (Å²) in [7, 11) is 0. The summed E-state index contributed by atoms with van der Waals surface area (Å²) < 4.78 is 16.8. The zero-order valence-electron chi connectivity index (χ0n) is 8.82. The molecule has 0 radical (unpaired) electrons. The van der Waals surface area contributed by atoms with Crippen molar-refractivity contribution in [2.24, 2.45) is 0 Å². The molecule has 17 heavy (non-hydrogen) atoms. The van der Waals surface area contributed by atoms with E-state index < -0.39 is 6.72 Å². The lowest BCUT2D eigenvalue weighted by molar-refractivity contribution is -0.0919. The normalized spacial score (nSPS) is 13.9. The van der Waals surface area contributed by atoms with E-state index in [-0.39, 0.29) is 0 Å². The highest BCUT2D eigenvalue weighted by Gasteiger charge is 2.24. The van der Waals surface area contributed by atoms with Crippen LogP contribution in [0.4, 0.5) is 0 Å². The van der Waals surface area contributed by atoms with E-state index in [1.807, 2.05) is 6.07 Å². The Morgan fingerprint density at radius 1 is 0.882 bits per heavy atom. The minimum Gasteiger partial charge on any atom is -0.330 e. The van der Waals surface area contributed by atoms with Crippen molar-refractivity contribution in [3.8, 4) is 5.75 Å². The van der Waals surface area contributed by atoms with Gasteiger partial charge < -0.3 is 4.89 Å². The van der Waals surface area contributed by atoms with E-state index in [0.717, 1.165) is 0 Å². The number of para-hydroxylation sites is 1. The van der Waals surface area contributed by atoms with Crippen molar-refractivity contribution in [3.63, 3.8) is 0 Å². The maximum atomic E-state index is 12.0. The van der Waals surface area contributed by atoms with Crippen LogP contribution in [0.15, 0.2) is 60.7 Å². The van der Waals surface area contributed by atoms with Gasteiger partial charge in [0.1, 0.15) is 0 Å². The van der Waals surface area contributed by atoms with E-state index in [1.54, 1.807) is 54.6 Å². The molecule has 0 N–H and O–H groups in total. The molecule has 3 nitrogen and oxygen atoms in total. The Morgan fingerprint density at radius 3 is 2.00 bits per heavy atom. The van der Waals surface area contributed by atoms with E-state index in [1.165, 1.54) is 0 Å². The van der Waals surface area contributed by atoms with Gasteiger partial charge in [-0.2, -0.15) is 0 Å². The van der Waals surface area contributed by atoms with Crippen molar-refractivity contribution in [3.05, 3.63) is 60.7 Å². The van der Waals surface area contributed by atoms with Gasteiger partial charge in [0.25, 0.3) is 0 Å². The fourth-order valence-electron chi connectivity index (χ4n) is 1.22. The molecule has 5 heteroatoms. The predicted octanol–water partition coefficient (Wildman–Crippen LogP) is 3.75. The third-order valence-electron chi connectivity index (χ3n) is 2.04. The molecule has 2 aromatic carbocycles. The molecule has 0 aliphatic heterocycles. The number of rotatable bonds is 4. The molecule has 0 bridgehead atoms. The first-order valence-corrected chi connectivity index (χ1v) is 7.48. The zero-order valence-corrected chi connectivity index (χ0v) is 10.5. The summed E-state index contributed by atoms with van der Waals surface area (Å²) >= 11 is 5.82. The van der Waals surface area contributed by atoms with Gasteiger partial charge in [-0.25, -0.2) is 0 Å². The van der Waals surface area contributed by atoms with Crippen LogP contribution in [0.5, 0.6) is 5.75 Å². The van der Waals surface area contributed by atoms with Crippen LogP contribution in [-0.2, 0) is 9.24 Å². The summed E-state index contributed by atoms with van der Waals surface area (Å²) in [6.45, 7) is -3.46. The van der Waals surface area contributed by atoms with Gasteiger partial charge in [0.2, 0.25) is 0 Å². The molecule has 0 saturated heterocycles. The van der Waals surface area contributed by atoms with Crippen LogP contribution in [0, 0.1) is 0 Å². The van der Waals surface area contributed by atoms with Crippen molar-refractivity contribution < 1.29 is 14.1 Å². The minimum absolute atomic E-state index is 0.401. The van der Waals surface area contributed by atoms with Crippen LogP contribution in [0.25, 0.3) is 0 Å². The van der Waals surface area contributed by atoms with E-state index in [4.69, 9.17) is 20.8 Å². The third kappa shape index (κ3) is 3.34. The van der Waals surface area contributed by atoms with Crippen LogP contribution in [0.2, 0.25) is 0 Å². The lowest BCUT2D eigenvalue weighted by Gasteiger charge is -2.10. The molecular weight excluding hydrogens is 259 g/mol. The second-order valence-corrected chi connectivity index (χ2v) is 6.25. The minimum atomic E-state index is -3.46. The SMILES string of the molecule is O=P(Cl)(OOc1ccccc1)c1ccccc1. The van der Waals surface area contributed by atoms with Gasteiger partial charge in [-0.05, 0) is 35.5 Å². The van der Waals surface area contributed by atoms with Crippen molar-refractivity contribution in [2.75, 3.05) is 0 Å². The maximum Gasteiger partial charge on any atom is 0.359 e. The van der Waals surface area contributed by atoms with Gasteiger partial charge in [-0.15, -0.1) is 4.67 Å². The fourth-order valence-corrected chi connectivity index (χ4v) is 2.43. The van der Waals surface area contributed by atoms with Gasteiger partial charge in [0.05, 0.1) is 5.30 Å². The topological polar surface area (TPSA) is 35.5 Å². The van der Waals surface area contributed by atoms with Crippen molar-refractivity contribution >= 4 is 23.3 Å². The Labute approximate surface area is 104 Å². The Bertz CT molecular complexity index is 516. The molecule has 1 unspecified atom stereocenters. The molecule has 1 atom stereocenters. The van der Waals surface area contributed by atoms with Crippen molar-refractivity contribution in [1.29, 1.82) is 0 Å². The molecule has 88 valence electrons. The molecule has 0 aromatic heterocycles. The first-order chi connectivity index (χ1) is 8.18. The lowest BCUT2D eigenvalue weighted by atomic mass is 10.3.